The van der Waals surface area contributed by atoms with E-state index in [2.05, 4.69) is 73.6 Å². The first-order valence-electron chi connectivity index (χ1n) is 11.2. The molecule has 0 aromatic heterocycles. The number of carbonyl (C=O) groups excluding carboxylic acids is 1. The van der Waals surface area contributed by atoms with E-state index in [1.165, 1.54) is 5.56 Å². The van der Waals surface area contributed by atoms with Crippen LogP contribution < -0.4 is 10.6 Å². The van der Waals surface area contributed by atoms with Crippen molar-refractivity contribution in [2.24, 2.45) is 29.6 Å². The number of hydrogen-bond acceptors (Lipinski definition) is 3. The number of hydrogen-bond donors (Lipinski definition) is 2. The van der Waals surface area contributed by atoms with Gasteiger partial charge in [-0.05, 0) is 42.1 Å². The Morgan fingerprint density at radius 2 is 1.96 bits per heavy atom. The van der Waals surface area contributed by atoms with Crippen molar-refractivity contribution in [3.8, 4) is 0 Å². The minimum absolute atomic E-state index is 0.251. The third-order valence-electron chi connectivity index (χ3n) is 7.25. The summed E-state index contributed by atoms with van der Waals surface area (Å²) in [7, 11) is 0. The van der Waals surface area contributed by atoms with Crippen molar-refractivity contribution in [1.82, 2.24) is 15.5 Å². The first kappa shape index (κ1) is 19.9. The topological polar surface area (TPSA) is 44.4 Å². The Hall–Kier alpha value is -1.39. The van der Waals surface area contributed by atoms with Gasteiger partial charge in [-0.1, -0.05) is 58.0 Å². The zero-order valence-electron chi connectivity index (χ0n) is 17.9. The van der Waals surface area contributed by atoms with Crippen molar-refractivity contribution >= 4 is 5.91 Å². The molecule has 0 radical (unpaired) electrons. The van der Waals surface area contributed by atoms with Gasteiger partial charge in [0.1, 0.15) is 5.54 Å². The zero-order chi connectivity index (χ0) is 19.9. The number of nitrogens with one attached hydrogen (secondary N) is 2. The first-order valence-corrected chi connectivity index (χ1v) is 11.2. The van der Waals surface area contributed by atoms with Gasteiger partial charge in [-0.2, -0.15) is 0 Å². The number of nitrogens with zero attached hydrogens (tertiary/aromatic N) is 1. The molecule has 1 saturated carbocycles. The van der Waals surface area contributed by atoms with Gasteiger partial charge in [0, 0.05) is 38.1 Å². The van der Waals surface area contributed by atoms with Gasteiger partial charge in [0.15, 0.2) is 0 Å². The molecule has 4 heteroatoms. The number of piperidine rings is 2. The van der Waals surface area contributed by atoms with E-state index in [0.29, 0.717) is 35.6 Å². The second-order valence-corrected chi connectivity index (χ2v) is 10.2. The fourth-order valence-corrected chi connectivity index (χ4v) is 6.16. The molecule has 28 heavy (non-hydrogen) atoms. The van der Waals surface area contributed by atoms with E-state index in [9.17, 15) is 4.79 Å². The Morgan fingerprint density at radius 1 is 1.21 bits per heavy atom. The SMILES string of the molecule is CC(C)CNC(=O)C12CC3CN(Cc4ccccc4)C(C3CN1)C2CC(C)C. The number of benzene rings is 1. The van der Waals surface area contributed by atoms with Gasteiger partial charge < -0.3 is 10.6 Å². The van der Waals surface area contributed by atoms with Gasteiger partial charge in [-0.3, -0.25) is 9.69 Å². The number of fused-ring (bicyclic) bond motifs is 1. The summed E-state index contributed by atoms with van der Waals surface area (Å²) in [6.45, 7) is 12.8. The molecular formula is C24H37N3O. The molecule has 4 fully saturated rings. The van der Waals surface area contributed by atoms with Crippen LogP contribution in [0.1, 0.15) is 46.1 Å². The first-order chi connectivity index (χ1) is 13.4. The van der Waals surface area contributed by atoms with Crippen LogP contribution in [0.25, 0.3) is 0 Å². The molecule has 3 heterocycles. The Bertz CT molecular complexity index is 688. The predicted molar refractivity (Wildman–Crippen MR) is 114 cm³/mol. The van der Waals surface area contributed by atoms with E-state index < -0.39 is 0 Å². The van der Waals surface area contributed by atoms with Crippen LogP contribution in [0.4, 0.5) is 0 Å². The average molecular weight is 384 g/mol. The van der Waals surface area contributed by atoms with E-state index in [1.54, 1.807) is 0 Å². The Labute approximate surface area is 170 Å². The maximum Gasteiger partial charge on any atom is 0.240 e. The minimum atomic E-state index is -0.380. The van der Waals surface area contributed by atoms with E-state index in [1.807, 2.05) is 0 Å². The van der Waals surface area contributed by atoms with Crippen molar-refractivity contribution in [1.29, 1.82) is 0 Å². The molecule has 5 unspecified atom stereocenters. The lowest BCUT2D eigenvalue weighted by Gasteiger charge is -2.56. The van der Waals surface area contributed by atoms with E-state index in [4.69, 9.17) is 0 Å². The molecule has 3 saturated heterocycles. The van der Waals surface area contributed by atoms with Crippen molar-refractivity contribution in [3.63, 3.8) is 0 Å². The molecule has 1 aromatic carbocycles. The summed E-state index contributed by atoms with van der Waals surface area (Å²) in [4.78, 5) is 16.2. The van der Waals surface area contributed by atoms with Crippen molar-refractivity contribution in [2.45, 2.75) is 58.7 Å². The number of amides is 1. The monoisotopic (exact) mass is 383 g/mol. The fourth-order valence-electron chi connectivity index (χ4n) is 6.16. The minimum Gasteiger partial charge on any atom is -0.354 e. The third-order valence-corrected chi connectivity index (χ3v) is 7.25. The van der Waals surface area contributed by atoms with Gasteiger partial charge in [-0.25, -0.2) is 0 Å². The summed E-state index contributed by atoms with van der Waals surface area (Å²) >= 11 is 0. The largest absolute Gasteiger partial charge is 0.354 e. The lowest BCUT2D eigenvalue weighted by atomic mass is 9.57. The molecule has 4 bridgehead atoms. The Balaban J connectivity index is 1.61. The molecule has 4 aliphatic rings. The molecule has 1 aromatic rings. The van der Waals surface area contributed by atoms with Gasteiger partial charge in [0.25, 0.3) is 0 Å². The van der Waals surface area contributed by atoms with Crippen LogP contribution in [0, 0.1) is 29.6 Å². The molecular weight excluding hydrogens is 346 g/mol. The average Bonchev–Trinajstić information content (AvgIpc) is 2.96. The summed E-state index contributed by atoms with van der Waals surface area (Å²) in [6, 6.07) is 11.4. The van der Waals surface area contributed by atoms with Crippen LogP contribution in [0.3, 0.4) is 0 Å². The highest BCUT2D eigenvalue weighted by molar-refractivity contribution is 5.87. The van der Waals surface area contributed by atoms with Crippen molar-refractivity contribution in [3.05, 3.63) is 35.9 Å². The predicted octanol–water partition coefficient (Wildman–Crippen LogP) is 3.28. The van der Waals surface area contributed by atoms with Crippen LogP contribution in [0.2, 0.25) is 0 Å². The molecule has 1 amide bonds. The van der Waals surface area contributed by atoms with Crippen LogP contribution in [-0.4, -0.2) is 42.0 Å². The van der Waals surface area contributed by atoms with Crippen LogP contribution in [-0.2, 0) is 11.3 Å². The zero-order valence-corrected chi connectivity index (χ0v) is 17.9. The molecule has 2 N–H and O–H groups in total. The van der Waals surface area contributed by atoms with Gasteiger partial charge in [0.05, 0.1) is 0 Å². The number of carbonyl (C=O) groups is 1. The Morgan fingerprint density at radius 3 is 2.64 bits per heavy atom. The van der Waals surface area contributed by atoms with Crippen LogP contribution in [0.5, 0.6) is 0 Å². The summed E-state index contributed by atoms with van der Waals surface area (Å²) in [5, 5.41) is 7.04. The molecule has 4 nitrogen and oxygen atoms in total. The smallest absolute Gasteiger partial charge is 0.240 e. The molecule has 5 atom stereocenters. The van der Waals surface area contributed by atoms with Crippen LogP contribution in [0.15, 0.2) is 30.3 Å². The molecule has 1 aliphatic carbocycles. The van der Waals surface area contributed by atoms with Gasteiger partial charge in [-0.15, -0.1) is 0 Å². The van der Waals surface area contributed by atoms with E-state index in [0.717, 1.165) is 39.0 Å². The summed E-state index contributed by atoms with van der Waals surface area (Å²) in [5.41, 5.74) is 1.01. The van der Waals surface area contributed by atoms with E-state index in [-0.39, 0.29) is 11.4 Å². The van der Waals surface area contributed by atoms with Crippen LogP contribution >= 0.6 is 0 Å². The normalized spacial score (nSPS) is 34.4. The highest BCUT2D eigenvalue weighted by Crippen LogP contribution is 2.53. The molecule has 5 rings (SSSR count). The lowest BCUT2D eigenvalue weighted by Crippen LogP contribution is -2.74. The second-order valence-electron chi connectivity index (χ2n) is 10.2. The molecule has 3 aliphatic heterocycles. The summed E-state index contributed by atoms with van der Waals surface area (Å²) in [5.74, 6) is 3.05. The maximum atomic E-state index is 13.5. The summed E-state index contributed by atoms with van der Waals surface area (Å²) in [6.07, 6.45) is 2.11. The molecule has 0 spiro atoms. The van der Waals surface area contributed by atoms with E-state index >= 15 is 0 Å². The van der Waals surface area contributed by atoms with Gasteiger partial charge in [0.2, 0.25) is 5.91 Å². The highest BCUT2D eigenvalue weighted by atomic mass is 16.2. The van der Waals surface area contributed by atoms with Crippen molar-refractivity contribution in [2.75, 3.05) is 19.6 Å². The Kier molecular flexibility index (Phi) is 5.54. The second kappa shape index (κ2) is 7.79. The number of likely N-dealkylation sites (tertiary alicyclic amines) is 1. The molecule has 154 valence electrons. The number of rotatable bonds is 7. The third kappa shape index (κ3) is 3.50. The highest BCUT2D eigenvalue weighted by Gasteiger charge is 2.64. The maximum absolute atomic E-state index is 13.5. The lowest BCUT2D eigenvalue weighted by molar-refractivity contribution is -0.139. The quantitative estimate of drug-likeness (QED) is 0.759. The van der Waals surface area contributed by atoms with Gasteiger partial charge >= 0.3 is 0 Å². The fraction of sp³-hybridized carbons (Fsp3) is 0.708. The summed E-state index contributed by atoms with van der Waals surface area (Å²) < 4.78 is 0. The van der Waals surface area contributed by atoms with Crippen molar-refractivity contribution < 1.29 is 4.79 Å². The standard InChI is InChI=1S/C24H37N3O/c1-16(2)10-21-22-20-13-26-24(21,23(28)25-12-17(3)4)11-19(20)15-27(22)14-18-8-6-5-7-9-18/h5-9,16-17,19-22,26H,10-15H2,1-4H3,(H,25,28).